The minimum atomic E-state index is 0.112. The number of amidine groups is 1. The van der Waals surface area contributed by atoms with Crippen molar-refractivity contribution in [1.82, 2.24) is 4.98 Å². The van der Waals surface area contributed by atoms with Crippen molar-refractivity contribution < 1.29 is 5.21 Å². The van der Waals surface area contributed by atoms with Crippen molar-refractivity contribution in [3.63, 3.8) is 0 Å². The van der Waals surface area contributed by atoms with Crippen molar-refractivity contribution in [2.24, 2.45) is 10.9 Å². The maximum absolute atomic E-state index is 8.93. The van der Waals surface area contributed by atoms with Gasteiger partial charge in [0.2, 0.25) is 0 Å². The van der Waals surface area contributed by atoms with E-state index in [1.807, 2.05) is 49.4 Å². The molecule has 5 nitrogen and oxygen atoms in total. The summed E-state index contributed by atoms with van der Waals surface area (Å²) in [5, 5.41) is 12.0. The third-order valence-corrected chi connectivity index (χ3v) is 3.31. The van der Waals surface area contributed by atoms with E-state index in [9.17, 15) is 0 Å². The van der Waals surface area contributed by atoms with E-state index in [-0.39, 0.29) is 5.84 Å². The molecule has 0 atom stereocenters. The Balaban J connectivity index is 2.34. The lowest BCUT2D eigenvalue weighted by molar-refractivity contribution is 0.318. The summed E-state index contributed by atoms with van der Waals surface area (Å²) in [5.74, 6) is 0.112. The van der Waals surface area contributed by atoms with Crippen LogP contribution in [-0.2, 0) is 6.54 Å². The molecular formula is C16H20N4O. The summed E-state index contributed by atoms with van der Waals surface area (Å²) in [6, 6.07) is 13.6. The molecule has 5 heteroatoms. The number of nitrogens with two attached hydrogens (primary N) is 1. The summed E-state index contributed by atoms with van der Waals surface area (Å²) in [4.78, 5) is 6.68. The van der Waals surface area contributed by atoms with Gasteiger partial charge in [-0.1, -0.05) is 23.4 Å². The predicted molar refractivity (Wildman–Crippen MR) is 84.7 cm³/mol. The van der Waals surface area contributed by atoms with Gasteiger partial charge >= 0.3 is 0 Å². The molecule has 0 radical (unpaired) electrons. The molecule has 0 saturated heterocycles. The highest BCUT2D eigenvalue weighted by Gasteiger charge is 2.13. The Bertz CT molecular complexity index is 640. The quantitative estimate of drug-likeness (QED) is 0.383. The number of para-hydroxylation sites is 1. The molecular weight excluding hydrogens is 264 g/mol. The maximum Gasteiger partial charge on any atom is 0.172 e. The van der Waals surface area contributed by atoms with Crippen molar-refractivity contribution in [3.8, 4) is 0 Å². The van der Waals surface area contributed by atoms with Crippen LogP contribution in [0.2, 0.25) is 0 Å². The van der Waals surface area contributed by atoms with Crippen LogP contribution < -0.4 is 10.6 Å². The lowest BCUT2D eigenvalue weighted by Crippen LogP contribution is -2.26. The van der Waals surface area contributed by atoms with Gasteiger partial charge in [0, 0.05) is 23.5 Å². The molecule has 0 aliphatic carbocycles. The van der Waals surface area contributed by atoms with E-state index >= 15 is 0 Å². The van der Waals surface area contributed by atoms with Crippen LogP contribution in [0.4, 0.5) is 5.69 Å². The standard InChI is InChI=1S/C16H20N4O/c1-3-20(11-13-8-6-7-12(2)18-13)15-10-5-4-9-14(15)16(17)19-21/h4-10,21H,3,11H2,1-2H3,(H2,17,19). The second kappa shape index (κ2) is 6.74. The number of anilines is 1. The molecule has 0 spiro atoms. The molecule has 0 aliphatic rings. The van der Waals surface area contributed by atoms with Gasteiger partial charge in [-0.15, -0.1) is 0 Å². The molecule has 3 N–H and O–H groups in total. The topological polar surface area (TPSA) is 74.7 Å². The Morgan fingerprint density at radius 3 is 2.67 bits per heavy atom. The lowest BCUT2D eigenvalue weighted by atomic mass is 10.1. The van der Waals surface area contributed by atoms with Gasteiger partial charge in [-0.2, -0.15) is 0 Å². The Hall–Kier alpha value is -2.56. The van der Waals surface area contributed by atoms with E-state index in [0.717, 1.165) is 29.2 Å². The zero-order valence-electron chi connectivity index (χ0n) is 12.3. The zero-order valence-corrected chi connectivity index (χ0v) is 12.3. The van der Waals surface area contributed by atoms with Gasteiger partial charge in [0.25, 0.3) is 0 Å². The molecule has 1 aromatic carbocycles. The fourth-order valence-corrected chi connectivity index (χ4v) is 2.27. The summed E-state index contributed by atoms with van der Waals surface area (Å²) in [5.41, 5.74) is 9.39. The zero-order chi connectivity index (χ0) is 15.2. The van der Waals surface area contributed by atoms with E-state index in [4.69, 9.17) is 10.9 Å². The Labute approximate surface area is 124 Å². The van der Waals surface area contributed by atoms with E-state index in [2.05, 4.69) is 22.0 Å². The predicted octanol–water partition coefficient (Wildman–Crippen LogP) is 2.51. The highest BCUT2D eigenvalue weighted by Crippen LogP contribution is 2.21. The molecule has 0 amide bonds. The van der Waals surface area contributed by atoms with Crippen LogP contribution >= 0.6 is 0 Å². The number of oxime groups is 1. The normalized spacial score (nSPS) is 11.4. The molecule has 0 fully saturated rings. The van der Waals surface area contributed by atoms with Crippen molar-refractivity contribution in [3.05, 3.63) is 59.4 Å². The Morgan fingerprint density at radius 1 is 1.24 bits per heavy atom. The highest BCUT2D eigenvalue weighted by atomic mass is 16.4. The summed E-state index contributed by atoms with van der Waals surface area (Å²) < 4.78 is 0. The number of rotatable bonds is 5. The van der Waals surface area contributed by atoms with Crippen LogP contribution in [-0.4, -0.2) is 22.6 Å². The average molecular weight is 284 g/mol. The number of aromatic nitrogens is 1. The molecule has 0 aliphatic heterocycles. The van der Waals surface area contributed by atoms with Crippen LogP contribution in [0, 0.1) is 6.92 Å². The first-order valence-electron chi connectivity index (χ1n) is 6.90. The average Bonchev–Trinajstić information content (AvgIpc) is 2.52. The minimum Gasteiger partial charge on any atom is -0.409 e. The number of hydrogen-bond acceptors (Lipinski definition) is 4. The molecule has 110 valence electrons. The molecule has 21 heavy (non-hydrogen) atoms. The van der Waals surface area contributed by atoms with Crippen molar-refractivity contribution in [1.29, 1.82) is 0 Å². The molecule has 0 saturated carbocycles. The summed E-state index contributed by atoms with van der Waals surface area (Å²) in [6.45, 7) is 5.52. The maximum atomic E-state index is 8.93. The van der Waals surface area contributed by atoms with Gasteiger partial charge in [0.05, 0.1) is 12.2 Å². The van der Waals surface area contributed by atoms with Gasteiger partial charge < -0.3 is 15.8 Å². The fraction of sp³-hybridized carbons (Fsp3) is 0.250. The SMILES string of the molecule is CCN(Cc1cccc(C)n1)c1ccccc1/C(N)=N/O. The van der Waals surface area contributed by atoms with Crippen LogP contribution in [0.25, 0.3) is 0 Å². The number of nitrogens with zero attached hydrogens (tertiary/aromatic N) is 3. The summed E-state index contributed by atoms with van der Waals surface area (Å²) >= 11 is 0. The number of pyridine rings is 1. The third kappa shape index (κ3) is 3.51. The number of aryl methyl sites for hydroxylation is 1. The largest absolute Gasteiger partial charge is 0.409 e. The number of benzene rings is 1. The van der Waals surface area contributed by atoms with Gasteiger partial charge in [0.1, 0.15) is 0 Å². The third-order valence-electron chi connectivity index (χ3n) is 3.31. The van der Waals surface area contributed by atoms with Crippen molar-refractivity contribution in [2.45, 2.75) is 20.4 Å². The lowest BCUT2D eigenvalue weighted by Gasteiger charge is -2.25. The molecule has 2 aromatic rings. The molecule has 1 heterocycles. The van der Waals surface area contributed by atoms with E-state index in [1.165, 1.54) is 0 Å². The van der Waals surface area contributed by atoms with Gasteiger partial charge in [-0.25, -0.2) is 0 Å². The molecule has 1 aromatic heterocycles. The number of hydrogen-bond donors (Lipinski definition) is 2. The van der Waals surface area contributed by atoms with Crippen LogP contribution in [0.3, 0.4) is 0 Å². The van der Waals surface area contributed by atoms with Crippen LogP contribution in [0.15, 0.2) is 47.6 Å². The minimum absolute atomic E-state index is 0.112. The second-order valence-electron chi connectivity index (χ2n) is 4.79. The van der Waals surface area contributed by atoms with Gasteiger partial charge in [-0.3, -0.25) is 4.98 Å². The second-order valence-corrected chi connectivity index (χ2v) is 4.79. The highest BCUT2D eigenvalue weighted by molar-refractivity contribution is 6.02. The van der Waals surface area contributed by atoms with Gasteiger partial charge in [0.15, 0.2) is 5.84 Å². The first kappa shape index (κ1) is 14.8. The van der Waals surface area contributed by atoms with E-state index < -0.39 is 0 Å². The smallest absolute Gasteiger partial charge is 0.172 e. The van der Waals surface area contributed by atoms with Crippen molar-refractivity contribution >= 4 is 11.5 Å². The molecule has 0 bridgehead atoms. The molecule has 0 unspecified atom stereocenters. The van der Waals surface area contributed by atoms with Crippen LogP contribution in [0.5, 0.6) is 0 Å². The Kier molecular flexibility index (Phi) is 4.77. The summed E-state index contributed by atoms with van der Waals surface area (Å²) in [7, 11) is 0. The Morgan fingerprint density at radius 2 is 2.00 bits per heavy atom. The van der Waals surface area contributed by atoms with E-state index in [0.29, 0.717) is 6.54 Å². The van der Waals surface area contributed by atoms with Crippen LogP contribution in [0.1, 0.15) is 23.9 Å². The van der Waals surface area contributed by atoms with E-state index in [1.54, 1.807) is 0 Å². The van der Waals surface area contributed by atoms with Gasteiger partial charge in [-0.05, 0) is 38.1 Å². The van der Waals surface area contributed by atoms with Crippen molar-refractivity contribution in [2.75, 3.05) is 11.4 Å². The molecule has 2 rings (SSSR count). The summed E-state index contributed by atoms with van der Waals surface area (Å²) in [6.07, 6.45) is 0. The first-order valence-corrected chi connectivity index (χ1v) is 6.90. The fourth-order valence-electron chi connectivity index (χ4n) is 2.27. The monoisotopic (exact) mass is 284 g/mol. The first-order chi connectivity index (χ1) is 10.2.